The van der Waals surface area contributed by atoms with Gasteiger partial charge in [0, 0.05) is 22.5 Å². The number of aromatic nitrogens is 1. The summed E-state index contributed by atoms with van der Waals surface area (Å²) in [4.78, 5) is 3.90. The second-order valence-corrected chi connectivity index (χ2v) is 17.1. The van der Waals surface area contributed by atoms with Crippen molar-refractivity contribution in [2.75, 3.05) is 10.6 Å². The van der Waals surface area contributed by atoms with E-state index in [2.05, 4.69) is 54.3 Å². The molecule has 19 nitrogen and oxygen atoms in total. The molecule has 0 aliphatic carbocycles. The van der Waals surface area contributed by atoms with Gasteiger partial charge >= 0.3 is 10.6 Å². The molecule has 0 radical (unpaired) electrons. The molecule has 0 saturated carbocycles. The van der Waals surface area contributed by atoms with Crippen LogP contribution in [-0.4, -0.2) is 43.6 Å². The van der Waals surface area contributed by atoms with E-state index in [1.165, 1.54) is 24.3 Å². The third-order valence-electron chi connectivity index (χ3n) is 8.89. The molecular weight excluding hydrogens is 905 g/mol. The fourth-order valence-corrected chi connectivity index (χ4v) is 7.82. The number of hydrogen-bond donors (Lipinski definition) is 4. The summed E-state index contributed by atoms with van der Waals surface area (Å²) < 4.78 is 90.9. The lowest BCUT2D eigenvalue weighted by Crippen LogP contribution is -2.05. The molecular formula is C41H26N10O9S4. The molecule has 64 heavy (non-hydrogen) atoms. The molecule has 23 heteroatoms. The summed E-state index contributed by atoms with van der Waals surface area (Å²) in [6.45, 7) is 1.58. The molecule has 2 aromatic heterocycles. The summed E-state index contributed by atoms with van der Waals surface area (Å²) in [6.07, 6.45) is 0. The molecule has 0 fully saturated rings. The van der Waals surface area contributed by atoms with E-state index in [0.717, 1.165) is 46.4 Å². The molecule has 0 spiro atoms. The van der Waals surface area contributed by atoms with E-state index in [4.69, 9.17) is 12.6 Å². The van der Waals surface area contributed by atoms with Gasteiger partial charge in [0.2, 0.25) is 0 Å². The highest BCUT2D eigenvalue weighted by Gasteiger charge is 2.23. The molecule has 2 heterocycles. The Kier molecular flexibility index (Phi) is 13.7. The van der Waals surface area contributed by atoms with Crippen LogP contribution in [0, 0.1) is 40.9 Å². The lowest BCUT2D eigenvalue weighted by atomic mass is 10.00. The zero-order chi connectivity index (χ0) is 46.2. The topological polar surface area (TPSA) is 318 Å². The van der Waals surface area contributed by atoms with Crippen molar-refractivity contribution in [1.82, 2.24) is 4.98 Å². The summed E-state index contributed by atoms with van der Waals surface area (Å²) in [5, 5.41) is 56.8. The average molecular weight is 931 g/mol. The van der Waals surface area contributed by atoms with Gasteiger partial charge in [-0.05, 0) is 90.0 Å². The van der Waals surface area contributed by atoms with Crippen LogP contribution in [0.4, 0.5) is 44.4 Å². The number of azo groups is 2. The Labute approximate surface area is 369 Å². The zero-order valence-electron chi connectivity index (χ0n) is 32.4. The third-order valence-corrected chi connectivity index (χ3v) is 11.6. The minimum atomic E-state index is -4.50. The van der Waals surface area contributed by atoms with Crippen LogP contribution in [0.15, 0.2) is 146 Å². The van der Waals surface area contributed by atoms with Gasteiger partial charge < -0.3 is 10.6 Å². The number of rotatable bonds is 11. The molecule has 7 rings (SSSR count). The number of nitrogens with zero attached hydrogens (tertiary/aromatic N) is 8. The second-order valence-electron chi connectivity index (χ2n) is 12.9. The molecule has 5 aromatic carbocycles. The first-order valence-electron chi connectivity index (χ1n) is 17.8. The number of benzene rings is 5. The molecule has 0 amide bonds. The standard InChI is InChI=1S/C41H26N10O6S3.O3S/c1-24-33(22-43)38(45-29-12-16-31(17-13-29)59(52,53)54)47-39(46-30-14-18-32(19-15-30)60(55,56)57)37(24)49-50-40-34(23-44)36(27-11-10-25-6-2-3-7-26(25)20-27)41(58-40)51-48-35-9-5-4-8-28(35)21-42;1-4(2)3/h2-20H,1H3,(H2,45,46,47)(H,52,53,54)(H,55,56,57);. The van der Waals surface area contributed by atoms with Gasteiger partial charge in [0.1, 0.15) is 40.1 Å². The van der Waals surface area contributed by atoms with Crippen molar-refractivity contribution in [1.29, 1.82) is 15.8 Å². The molecule has 318 valence electrons. The van der Waals surface area contributed by atoms with Crippen LogP contribution in [0.1, 0.15) is 22.3 Å². The SMILES string of the molecule is Cc1c(C#N)c(Nc2ccc(S(=O)(=O)O)cc2)nc(Nc2ccc(S(=O)(=O)O)cc2)c1N=Nc1sc(N=Nc2ccccc2C#N)c(-c2ccc3ccccc3c2)c1C#N.O=S(=O)=O. The van der Waals surface area contributed by atoms with E-state index in [1.54, 1.807) is 31.2 Å². The van der Waals surface area contributed by atoms with Crippen LogP contribution in [0.25, 0.3) is 21.9 Å². The van der Waals surface area contributed by atoms with E-state index in [9.17, 15) is 41.7 Å². The van der Waals surface area contributed by atoms with Crippen LogP contribution in [-0.2, 0) is 30.8 Å². The largest absolute Gasteiger partial charge is 0.425 e. The number of pyridine rings is 1. The van der Waals surface area contributed by atoms with Gasteiger partial charge in [0.15, 0.2) is 16.6 Å². The van der Waals surface area contributed by atoms with Gasteiger partial charge in [-0.1, -0.05) is 59.9 Å². The number of fused-ring (bicyclic) bond motifs is 1. The monoisotopic (exact) mass is 930 g/mol. The van der Waals surface area contributed by atoms with Crippen molar-refractivity contribution in [3.8, 4) is 29.3 Å². The Hall–Kier alpha value is -8.08. The maximum absolute atomic E-state index is 11.7. The van der Waals surface area contributed by atoms with E-state index in [0.29, 0.717) is 38.8 Å². The number of hydrogen-bond acceptors (Lipinski definition) is 18. The first kappa shape index (κ1) is 45.4. The maximum Gasteiger partial charge on any atom is 0.425 e. The summed E-state index contributed by atoms with van der Waals surface area (Å²) in [7, 11) is -12.1. The summed E-state index contributed by atoms with van der Waals surface area (Å²) >= 11 is 1.01. The lowest BCUT2D eigenvalue weighted by Gasteiger charge is -2.16. The average Bonchev–Trinajstić information content (AvgIpc) is 3.62. The molecule has 4 N–H and O–H groups in total. The first-order valence-corrected chi connectivity index (χ1v) is 22.5. The molecule has 0 saturated heterocycles. The van der Waals surface area contributed by atoms with Gasteiger partial charge in [-0.3, -0.25) is 9.11 Å². The van der Waals surface area contributed by atoms with Crippen LogP contribution >= 0.6 is 11.3 Å². The molecule has 0 atom stereocenters. The van der Waals surface area contributed by atoms with Crippen molar-refractivity contribution in [2.24, 2.45) is 20.5 Å². The zero-order valence-corrected chi connectivity index (χ0v) is 35.7. The lowest BCUT2D eigenvalue weighted by molar-refractivity contribution is 0.481. The van der Waals surface area contributed by atoms with Crippen LogP contribution < -0.4 is 10.6 Å². The summed E-state index contributed by atoms with van der Waals surface area (Å²) in [5.74, 6) is 0.0307. The van der Waals surface area contributed by atoms with Gasteiger partial charge in [-0.2, -0.15) is 32.6 Å². The molecule has 0 bridgehead atoms. The van der Waals surface area contributed by atoms with Crippen LogP contribution in [0.5, 0.6) is 0 Å². The third kappa shape index (κ3) is 10.7. The smallest absolute Gasteiger partial charge is 0.339 e. The predicted octanol–water partition coefficient (Wildman–Crippen LogP) is 9.69. The van der Waals surface area contributed by atoms with Crippen molar-refractivity contribution in [3.05, 3.63) is 138 Å². The van der Waals surface area contributed by atoms with Crippen LogP contribution in [0.2, 0.25) is 0 Å². The minimum absolute atomic E-state index is 0.0124. The number of nitriles is 3. The van der Waals surface area contributed by atoms with Gasteiger partial charge in [-0.15, -0.1) is 33.1 Å². The second kappa shape index (κ2) is 19.3. The highest BCUT2D eigenvalue weighted by molar-refractivity contribution is 7.86. The quantitative estimate of drug-likeness (QED) is 0.0692. The Morgan fingerprint density at radius 3 is 1.72 bits per heavy atom. The van der Waals surface area contributed by atoms with Crippen molar-refractivity contribution in [3.63, 3.8) is 0 Å². The van der Waals surface area contributed by atoms with Gasteiger partial charge in [0.25, 0.3) is 20.2 Å². The Morgan fingerprint density at radius 2 is 1.16 bits per heavy atom. The Balaban J connectivity index is 0.00000163. The first-order chi connectivity index (χ1) is 30.5. The van der Waals surface area contributed by atoms with Crippen molar-refractivity contribution >= 4 is 97.3 Å². The molecule has 0 aliphatic heterocycles. The Bertz CT molecular complexity index is 3500. The number of thiophene rings is 1. The maximum atomic E-state index is 11.7. The molecule has 0 unspecified atom stereocenters. The van der Waals surface area contributed by atoms with Crippen molar-refractivity contribution < 1.29 is 38.6 Å². The summed E-state index contributed by atoms with van der Waals surface area (Å²) in [5.41, 5.74) is 2.73. The highest BCUT2D eigenvalue weighted by atomic mass is 32.2. The summed E-state index contributed by atoms with van der Waals surface area (Å²) in [6, 6.07) is 36.5. The normalized spacial score (nSPS) is 11.3. The fraction of sp³-hybridized carbons (Fsp3) is 0.0244. The van der Waals surface area contributed by atoms with Gasteiger partial charge in [-0.25, -0.2) is 4.98 Å². The fourth-order valence-electron chi connectivity index (χ4n) is 5.94. The number of anilines is 4. The van der Waals surface area contributed by atoms with Crippen LogP contribution in [0.3, 0.4) is 0 Å². The minimum Gasteiger partial charge on any atom is -0.339 e. The van der Waals surface area contributed by atoms with E-state index < -0.39 is 30.8 Å². The van der Waals surface area contributed by atoms with E-state index >= 15 is 0 Å². The molecule has 0 aliphatic rings. The van der Waals surface area contributed by atoms with E-state index in [1.807, 2.05) is 42.5 Å². The predicted molar refractivity (Wildman–Crippen MR) is 234 cm³/mol. The Morgan fingerprint density at radius 1 is 0.625 bits per heavy atom. The van der Waals surface area contributed by atoms with Gasteiger partial charge in [0.05, 0.1) is 20.9 Å². The molecule has 7 aromatic rings. The number of nitrogens with one attached hydrogen (secondary N) is 2. The van der Waals surface area contributed by atoms with Crippen molar-refractivity contribution in [2.45, 2.75) is 16.7 Å². The van der Waals surface area contributed by atoms with E-state index in [-0.39, 0.29) is 48.8 Å². The highest BCUT2D eigenvalue weighted by Crippen LogP contribution is 2.49.